The zero-order valence-electron chi connectivity index (χ0n) is 13.7. The number of halogens is 2. The summed E-state index contributed by atoms with van der Waals surface area (Å²) in [4.78, 5) is 14.9. The first kappa shape index (κ1) is 17.9. The number of carbonyl (C=O) groups excluding carboxylic acids is 1. The second kappa shape index (κ2) is 7.98. The quantitative estimate of drug-likeness (QED) is 0.444. The molecule has 4 heteroatoms. The molecule has 0 saturated heterocycles. The first-order valence-electron chi connectivity index (χ1n) is 7.91. The summed E-state index contributed by atoms with van der Waals surface area (Å²) < 4.78 is 1.98. The number of amides is 1. The molecular weight excluding hydrogens is 442 g/mol. The summed E-state index contributed by atoms with van der Waals surface area (Å²) in [6.07, 6.45) is 0. The number of nitrogens with zero attached hydrogens (tertiary/aromatic N) is 1. The topological polar surface area (TPSA) is 20.3 Å². The van der Waals surface area contributed by atoms with Crippen LogP contribution in [0.3, 0.4) is 0 Å². The standard InChI is InChI=1S/C21H17Br2NO/c1-15-2-12-20(13-3-15)24(14-16-4-8-18(22)9-5-16)21(25)17-6-10-19(23)11-7-17/h2-13H,14H2,1H3. The van der Waals surface area contributed by atoms with Gasteiger partial charge in [-0.05, 0) is 61.0 Å². The van der Waals surface area contributed by atoms with E-state index in [1.165, 1.54) is 5.56 Å². The Kier molecular flexibility index (Phi) is 5.71. The molecule has 0 radical (unpaired) electrons. The number of carbonyl (C=O) groups is 1. The van der Waals surface area contributed by atoms with Crippen molar-refractivity contribution in [3.63, 3.8) is 0 Å². The molecule has 3 rings (SSSR count). The summed E-state index contributed by atoms with van der Waals surface area (Å²) >= 11 is 6.87. The minimum absolute atomic E-state index is 0.0146. The van der Waals surface area contributed by atoms with Crippen molar-refractivity contribution < 1.29 is 4.79 Å². The number of hydrogen-bond acceptors (Lipinski definition) is 1. The van der Waals surface area contributed by atoms with Crippen molar-refractivity contribution >= 4 is 43.5 Å². The molecule has 0 unspecified atom stereocenters. The lowest BCUT2D eigenvalue weighted by molar-refractivity contribution is 0.0985. The van der Waals surface area contributed by atoms with Crippen LogP contribution in [0.2, 0.25) is 0 Å². The highest BCUT2D eigenvalue weighted by molar-refractivity contribution is 9.10. The molecule has 2 nitrogen and oxygen atoms in total. The van der Waals surface area contributed by atoms with E-state index >= 15 is 0 Å². The van der Waals surface area contributed by atoms with Crippen LogP contribution in [0.15, 0.2) is 81.7 Å². The van der Waals surface area contributed by atoms with E-state index in [1.54, 1.807) is 0 Å². The van der Waals surface area contributed by atoms with Gasteiger partial charge in [-0.1, -0.05) is 61.7 Å². The average molecular weight is 459 g/mol. The molecule has 0 aliphatic heterocycles. The highest BCUT2D eigenvalue weighted by Crippen LogP contribution is 2.22. The van der Waals surface area contributed by atoms with Crippen LogP contribution in [0.5, 0.6) is 0 Å². The molecule has 0 fully saturated rings. The van der Waals surface area contributed by atoms with E-state index in [4.69, 9.17) is 0 Å². The van der Waals surface area contributed by atoms with E-state index < -0.39 is 0 Å². The summed E-state index contributed by atoms with van der Waals surface area (Å²) in [5.74, 6) is -0.0146. The van der Waals surface area contributed by atoms with Gasteiger partial charge in [-0.15, -0.1) is 0 Å². The maximum absolute atomic E-state index is 13.1. The van der Waals surface area contributed by atoms with E-state index in [1.807, 2.05) is 84.6 Å². The summed E-state index contributed by atoms with van der Waals surface area (Å²) in [6.45, 7) is 2.56. The van der Waals surface area contributed by atoms with Crippen molar-refractivity contribution in [1.29, 1.82) is 0 Å². The van der Waals surface area contributed by atoms with Crippen LogP contribution in [0.1, 0.15) is 21.5 Å². The molecule has 1 amide bonds. The van der Waals surface area contributed by atoms with Crippen LogP contribution < -0.4 is 4.90 Å². The molecule has 25 heavy (non-hydrogen) atoms. The zero-order chi connectivity index (χ0) is 17.8. The molecule has 0 atom stereocenters. The van der Waals surface area contributed by atoms with Crippen LogP contribution in [0, 0.1) is 6.92 Å². The Labute approximate surface area is 164 Å². The van der Waals surface area contributed by atoms with Crippen LogP contribution >= 0.6 is 31.9 Å². The molecule has 0 aromatic heterocycles. The monoisotopic (exact) mass is 457 g/mol. The lowest BCUT2D eigenvalue weighted by Crippen LogP contribution is -2.30. The Morgan fingerprint density at radius 3 is 1.88 bits per heavy atom. The molecule has 0 heterocycles. The van der Waals surface area contributed by atoms with Gasteiger partial charge in [0.2, 0.25) is 0 Å². The van der Waals surface area contributed by atoms with Gasteiger partial charge in [-0.2, -0.15) is 0 Å². The molecule has 0 aliphatic carbocycles. The Morgan fingerprint density at radius 2 is 1.32 bits per heavy atom. The minimum Gasteiger partial charge on any atom is -0.304 e. The number of rotatable bonds is 4. The normalized spacial score (nSPS) is 10.5. The molecule has 0 spiro atoms. The SMILES string of the molecule is Cc1ccc(N(Cc2ccc(Br)cc2)C(=O)c2ccc(Br)cc2)cc1. The number of aryl methyl sites for hydroxylation is 1. The maximum Gasteiger partial charge on any atom is 0.258 e. The van der Waals surface area contributed by atoms with Crippen molar-refractivity contribution in [2.24, 2.45) is 0 Å². The van der Waals surface area contributed by atoms with E-state index in [2.05, 4.69) is 31.9 Å². The first-order valence-corrected chi connectivity index (χ1v) is 9.50. The molecule has 3 aromatic carbocycles. The van der Waals surface area contributed by atoms with Crippen LogP contribution in [0.25, 0.3) is 0 Å². The van der Waals surface area contributed by atoms with Gasteiger partial charge < -0.3 is 4.90 Å². The van der Waals surface area contributed by atoms with Gasteiger partial charge in [0.25, 0.3) is 5.91 Å². The summed E-state index contributed by atoms with van der Waals surface area (Å²) in [5.41, 5.74) is 3.81. The number of hydrogen-bond donors (Lipinski definition) is 0. The molecular formula is C21H17Br2NO. The summed E-state index contributed by atoms with van der Waals surface area (Å²) in [5, 5.41) is 0. The van der Waals surface area contributed by atoms with Crippen molar-refractivity contribution in [1.82, 2.24) is 0 Å². The fourth-order valence-corrected chi connectivity index (χ4v) is 3.05. The van der Waals surface area contributed by atoms with Gasteiger partial charge in [0.15, 0.2) is 0 Å². The largest absolute Gasteiger partial charge is 0.304 e. The highest BCUT2D eigenvalue weighted by Gasteiger charge is 2.18. The smallest absolute Gasteiger partial charge is 0.258 e. The number of benzene rings is 3. The van der Waals surface area contributed by atoms with Crippen molar-refractivity contribution in [3.8, 4) is 0 Å². The van der Waals surface area contributed by atoms with Gasteiger partial charge in [-0.3, -0.25) is 4.79 Å². The summed E-state index contributed by atoms with van der Waals surface area (Å²) in [6, 6.07) is 23.5. The Balaban J connectivity index is 1.95. The van der Waals surface area contributed by atoms with Gasteiger partial charge in [0.05, 0.1) is 6.54 Å². The Bertz CT molecular complexity index is 856. The van der Waals surface area contributed by atoms with E-state index in [9.17, 15) is 4.79 Å². The second-order valence-electron chi connectivity index (χ2n) is 5.86. The van der Waals surface area contributed by atoms with Crippen molar-refractivity contribution in [2.75, 3.05) is 4.90 Å². The predicted molar refractivity (Wildman–Crippen MR) is 110 cm³/mol. The zero-order valence-corrected chi connectivity index (χ0v) is 16.9. The predicted octanol–water partition coefficient (Wildman–Crippen LogP) is 6.37. The third-order valence-corrected chi connectivity index (χ3v) is 4.99. The van der Waals surface area contributed by atoms with E-state index in [-0.39, 0.29) is 5.91 Å². The minimum atomic E-state index is -0.0146. The lowest BCUT2D eigenvalue weighted by Gasteiger charge is -2.23. The van der Waals surface area contributed by atoms with Crippen LogP contribution in [-0.2, 0) is 6.54 Å². The molecule has 0 bridgehead atoms. The average Bonchev–Trinajstić information content (AvgIpc) is 2.62. The number of anilines is 1. The van der Waals surface area contributed by atoms with Crippen LogP contribution in [-0.4, -0.2) is 5.91 Å². The summed E-state index contributed by atoms with van der Waals surface area (Å²) in [7, 11) is 0. The van der Waals surface area contributed by atoms with E-state index in [0.717, 1.165) is 20.2 Å². The molecule has 126 valence electrons. The maximum atomic E-state index is 13.1. The first-order chi connectivity index (χ1) is 12.0. The lowest BCUT2D eigenvalue weighted by atomic mass is 10.1. The molecule has 0 aliphatic rings. The Morgan fingerprint density at radius 1 is 0.800 bits per heavy atom. The Hall–Kier alpha value is -1.91. The van der Waals surface area contributed by atoms with Gasteiger partial charge >= 0.3 is 0 Å². The van der Waals surface area contributed by atoms with E-state index in [0.29, 0.717) is 12.1 Å². The van der Waals surface area contributed by atoms with Gasteiger partial charge in [-0.25, -0.2) is 0 Å². The van der Waals surface area contributed by atoms with Crippen LogP contribution in [0.4, 0.5) is 5.69 Å². The van der Waals surface area contributed by atoms with Crippen molar-refractivity contribution in [2.45, 2.75) is 13.5 Å². The van der Waals surface area contributed by atoms with Gasteiger partial charge in [0, 0.05) is 20.2 Å². The fraction of sp³-hybridized carbons (Fsp3) is 0.0952. The second-order valence-corrected chi connectivity index (χ2v) is 7.69. The molecule has 0 saturated carbocycles. The fourth-order valence-electron chi connectivity index (χ4n) is 2.53. The highest BCUT2D eigenvalue weighted by atomic mass is 79.9. The third-order valence-electron chi connectivity index (χ3n) is 3.94. The molecule has 3 aromatic rings. The third kappa shape index (κ3) is 4.59. The van der Waals surface area contributed by atoms with Gasteiger partial charge in [0.1, 0.15) is 0 Å². The molecule has 0 N–H and O–H groups in total. The van der Waals surface area contributed by atoms with Crippen molar-refractivity contribution in [3.05, 3.63) is 98.4 Å².